The number of fused-ring (bicyclic) bond motifs is 1. The van der Waals surface area contributed by atoms with Crippen LogP contribution in [0.15, 0.2) is 59.8 Å². The number of hydrogen-bond acceptors (Lipinski definition) is 6. The number of benzene rings is 1. The highest BCUT2D eigenvalue weighted by molar-refractivity contribution is 6.30. The Morgan fingerprint density at radius 2 is 1.97 bits per heavy atom. The summed E-state index contributed by atoms with van der Waals surface area (Å²) in [5.41, 5.74) is -0.207. The fraction of sp³-hybridized carbons (Fsp3) is 0.286. The van der Waals surface area contributed by atoms with Crippen molar-refractivity contribution in [2.24, 2.45) is 5.41 Å². The highest BCUT2D eigenvalue weighted by Gasteiger charge is 2.29. The molecule has 198 valence electrons. The summed E-state index contributed by atoms with van der Waals surface area (Å²) < 4.78 is 22.4. The van der Waals surface area contributed by atoms with E-state index in [-0.39, 0.29) is 47.1 Å². The first kappa shape index (κ1) is 27.2. The van der Waals surface area contributed by atoms with Crippen molar-refractivity contribution in [2.45, 2.75) is 39.8 Å². The van der Waals surface area contributed by atoms with Crippen LogP contribution >= 0.6 is 11.6 Å². The summed E-state index contributed by atoms with van der Waals surface area (Å²) >= 11 is 5.98. The van der Waals surface area contributed by atoms with Gasteiger partial charge in [-0.3, -0.25) is 9.78 Å². The van der Waals surface area contributed by atoms with E-state index < -0.39 is 34.2 Å². The normalized spacial score (nSPS) is 12.5. The van der Waals surface area contributed by atoms with Crippen molar-refractivity contribution in [3.05, 3.63) is 98.3 Å². The average Bonchev–Trinajstić information content (AvgIpc) is 2.87. The second kappa shape index (κ2) is 10.9. The number of rotatable bonds is 8. The molecule has 0 aliphatic rings. The van der Waals surface area contributed by atoms with E-state index in [0.717, 1.165) is 5.56 Å². The van der Waals surface area contributed by atoms with Crippen molar-refractivity contribution < 1.29 is 24.1 Å². The number of pyridine rings is 3. The van der Waals surface area contributed by atoms with E-state index in [4.69, 9.17) is 16.3 Å². The minimum absolute atomic E-state index is 0.0127. The highest BCUT2D eigenvalue weighted by Crippen LogP contribution is 2.34. The first-order valence-electron chi connectivity index (χ1n) is 11.9. The molecule has 4 rings (SSSR count). The SMILES string of the molecule is CC(C)(C)[C@@H](CO)n1cc(C(=O)O)c(=O)c2cc(Cc3cccc(Cl)c3F)c(OCc3cccnc3)nc21. The molecule has 0 spiro atoms. The van der Waals surface area contributed by atoms with Gasteiger partial charge in [0.1, 0.15) is 23.6 Å². The third-order valence-electron chi connectivity index (χ3n) is 6.29. The Morgan fingerprint density at radius 1 is 1.21 bits per heavy atom. The average molecular weight is 540 g/mol. The van der Waals surface area contributed by atoms with E-state index in [2.05, 4.69) is 9.97 Å². The van der Waals surface area contributed by atoms with Crippen molar-refractivity contribution in [3.63, 3.8) is 0 Å². The molecule has 0 saturated heterocycles. The third-order valence-corrected chi connectivity index (χ3v) is 6.59. The molecule has 0 aliphatic heterocycles. The molecule has 3 aromatic heterocycles. The number of aliphatic hydroxyl groups excluding tert-OH is 1. The van der Waals surface area contributed by atoms with Crippen LogP contribution in [-0.4, -0.2) is 37.3 Å². The molecule has 0 fully saturated rings. The Balaban J connectivity index is 1.98. The summed E-state index contributed by atoms with van der Waals surface area (Å²) in [6, 6.07) is 9.04. The van der Waals surface area contributed by atoms with Gasteiger partial charge in [-0.15, -0.1) is 0 Å². The smallest absolute Gasteiger partial charge is 0.341 e. The van der Waals surface area contributed by atoms with Crippen molar-refractivity contribution in [2.75, 3.05) is 6.61 Å². The van der Waals surface area contributed by atoms with Crippen LogP contribution in [0.1, 0.15) is 53.9 Å². The molecule has 8 nitrogen and oxygen atoms in total. The van der Waals surface area contributed by atoms with Crippen molar-refractivity contribution in [1.82, 2.24) is 14.5 Å². The summed E-state index contributed by atoms with van der Waals surface area (Å²) in [4.78, 5) is 34.0. The quantitative estimate of drug-likeness (QED) is 0.322. The van der Waals surface area contributed by atoms with Gasteiger partial charge in [0.15, 0.2) is 0 Å². The molecule has 1 atom stereocenters. The van der Waals surface area contributed by atoms with Gasteiger partial charge in [0, 0.05) is 36.1 Å². The standard InChI is InChI=1S/C28H27ClFN3O5/c1-28(2,3)22(14-34)33-13-20(27(36)37)24(35)19-11-18(10-17-7-4-8-21(29)23(17)30)26(32-25(19)33)38-15-16-6-5-9-31-12-16/h4-9,11-13,22,34H,10,14-15H2,1-3H3,(H,36,37)/t22-/m1/s1. The van der Waals surface area contributed by atoms with Crippen LogP contribution < -0.4 is 10.2 Å². The molecule has 0 aliphatic carbocycles. The summed E-state index contributed by atoms with van der Waals surface area (Å²) in [5.74, 6) is -1.89. The second-order valence-electron chi connectivity index (χ2n) is 10.0. The first-order chi connectivity index (χ1) is 18.0. The maximum absolute atomic E-state index is 14.8. The number of nitrogens with zero attached hydrogens (tertiary/aromatic N) is 3. The number of carboxylic acids is 1. The fourth-order valence-corrected chi connectivity index (χ4v) is 4.44. The minimum Gasteiger partial charge on any atom is -0.477 e. The van der Waals surface area contributed by atoms with Crippen molar-refractivity contribution in [3.8, 4) is 5.88 Å². The van der Waals surface area contributed by atoms with Gasteiger partial charge in [0.25, 0.3) is 0 Å². The predicted octanol–water partition coefficient (Wildman–Crippen LogP) is 5.03. The molecule has 1 aromatic carbocycles. The van der Waals surface area contributed by atoms with Crippen molar-refractivity contribution >= 4 is 28.6 Å². The minimum atomic E-state index is -1.41. The van der Waals surface area contributed by atoms with E-state index >= 15 is 0 Å². The van der Waals surface area contributed by atoms with Crippen LogP contribution in [-0.2, 0) is 13.0 Å². The molecular formula is C28H27ClFN3O5. The molecule has 10 heteroatoms. The molecule has 0 amide bonds. The Labute approximate surface area is 223 Å². The molecule has 0 bridgehead atoms. The topological polar surface area (TPSA) is 115 Å². The molecule has 4 aromatic rings. The largest absolute Gasteiger partial charge is 0.477 e. The van der Waals surface area contributed by atoms with E-state index in [1.807, 2.05) is 26.8 Å². The lowest BCUT2D eigenvalue weighted by molar-refractivity contribution is 0.0692. The summed E-state index contributed by atoms with van der Waals surface area (Å²) in [6.45, 7) is 5.41. The summed E-state index contributed by atoms with van der Waals surface area (Å²) in [5, 5.41) is 19.9. The third kappa shape index (κ3) is 5.54. The lowest BCUT2D eigenvalue weighted by atomic mass is 9.86. The predicted molar refractivity (Wildman–Crippen MR) is 141 cm³/mol. The summed E-state index contributed by atoms with van der Waals surface area (Å²) in [7, 11) is 0. The van der Waals surface area contributed by atoms with Crippen LogP contribution in [0.3, 0.4) is 0 Å². The first-order valence-corrected chi connectivity index (χ1v) is 12.3. The van der Waals surface area contributed by atoms with Gasteiger partial charge in [-0.2, -0.15) is 4.98 Å². The Bertz CT molecular complexity index is 1550. The Hall–Kier alpha value is -3.82. The molecule has 3 heterocycles. The molecule has 38 heavy (non-hydrogen) atoms. The number of hydrogen-bond donors (Lipinski definition) is 2. The maximum atomic E-state index is 14.8. The zero-order valence-electron chi connectivity index (χ0n) is 21.1. The molecule has 0 saturated carbocycles. The number of ether oxygens (including phenoxy) is 1. The zero-order valence-corrected chi connectivity index (χ0v) is 21.9. The lowest BCUT2D eigenvalue weighted by Gasteiger charge is -2.32. The molecule has 0 radical (unpaired) electrons. The van der Waals surface area contributed by atoms with E-state index in [1.54, 1.807) is 30.6 Å². The Kier molecular flexibility index (Phi) is 7.80. The van der Waals surface area contributed by atoms with E-state index in [9.17, 15) is 24.2 Å². The van der Waals surface area contributed by atoms with Crippen LogP contribution in [0.25, 0.3) is 11.0 Å². The number of carbonyl (C=O) groups is 1. The Morgan fingerprint density at radius 3 is 2.61 bits per heavy atom. The number of halogens is 2. The molecular weight excluding hydrogens is 513 g/mol. The number of aromatic nitrogens is 3. The highest BCUT2D eigenvalue weighted by atomic mass is 35.5. The van der Waals surface area contributed by atoms with E-state index in [1.165, 1.54) is 22.9 Å². The van der Waals surface area contributed by atoms with Crippen LogP contribution in [0.5, 0.6) is 5.88 Å². The van der Waals surface area contributed by atoms with Crippen LogP contribution in [0.4, 0.5) is 4.39 Å². The van der Waals surface area contributed by atoms with Gasteiger partial charge in [0.05, 0.1) is 23.1 Å². The summed E-state index contributed by atoms with van der Waals surface area (Å²) in [6.07, 6.45) is 4.45. The number of aliphatic hydroxyl groups is 1. The maximum Gasteiger partial charge on any atom is 0.341 e. The number of aromatic carboxylic acids is 1. The lowest BCUT2D eigenvalue weighted by Crippen LogP contribution is -2.31. The fourth-order valence-electron chi connectivity index (χ4n) is 4.24. The molecule has 0 unspecified atom stereocenters. The zero-order chi connectivity index (χ0) is 27.6. The monoisotopic (exact) mass is 539 g/mol. The number of carboxylic acid groups (broad SMARTS) is 1. The van der Waals surface area contributed by atoms with Crippen LogP contribution in [0, 0.1) is 11.2 Å². The van der Waals surface area contributed by atoms with E-state index in [0.29, 0.717) is 5.56 Å². The van der Waals surface area contributed by atoms with Gasteiger partial charge in [-0.05, 0) is 29.2 Å². The van der Waals surface area contributed by atoms with Gasteiger partial charge in [-0.1, -0.05) is 50.6 Å². The van der Waals surface area contributed by atoms with Gasteiger partial charge in [0.2, 0.25) is 11.3 Å². The van der Waals surface area contributed by atoms with Crippen LogP contribution in [0.2, 0.25) is 5.02 Å². The second-order valence-corrected chi connectivity index (χ2v) is 10.4. The molecule has 2 N–H and O–H groups in total. The van der Waals surface area contributed by atoms with Gasteiger partial charge in [-0.25, -0.2) is 9.18 Å². The van der Waals surface area contributed by atoms with Gasteiger partial charge >= 0.3 is 5.97 Å². The van der Waals surface area contributed by atoms with Crippen molar-refractivity contribution in [1.29, 1.82) is 0 Å². The van der Waals surface area contributed by atoms with Gasteiger partial charge < -0.3 is 19.5 Å².